The van der Waals surface area contributed by atoms with Crippen molar-refractivity contribution in [3.8, 4) is 0 Å². The maximum atomic E-state index is 12.3. The highest BCUT2D eigenvalue weighted by Crippen LogP contribution is 2.19. The van der Waals surface area contributed by atoms with E-state index in [9.17, 15) is 9.59 Å². The Hall–Kier alpha value is -2.84. The van der Waals surface area contributed by atoms with Gasteiger partial charge in [0, 0.05) is 18.8 Å². The first kappa shape index (κ1) is 19.5. The van der Waals surface area contributed by atoms with Crippen LogP contribution in [0.4, 0.5) is 5.69 Å². The molecule has 1 aromatic heterocycles. The molecule has 0 radical (unpaired) electrons. The SMILES string of the molecule is O=C(CSc1nc2ccccc2[nH]1)Nc1ccc(CC(=O)N2CCOCC2)cc1. The number of aromatic nitrogens is 2. The van der Waals surface area contributed by atoms with Crippen LogP contribution >= 0.6 is 11.8 Å². The number of morpholine rings is 1. The van der Waals surface area contributed by atoms with Crippen molar-refractivity contribution < 1.29 is 14.3 Å². The number of rotatable bonds is 6. The van der Waals surface area contributed by atoms with E-state index in [2.05, 4.69) is 15.3 Å². The molecule has 3 aromatic rings. The van der Waals surface area contributed by atoms with Crippen molar-refractivity contribution in [2.24, 2.45) is 0 Å². The smallest absolute Gasteiger partial charge is 0.234 e. The molecule has 1 aliphatic rings. The van der Waals surface area contributed by atoms with E-state index in [-0.39, 0.29) is 17.6 Å². The quantitative estimate of drug-likeness (QED) is 0.610. The molecule has 0 unspecified atom stereocenters. The van der Waals surface area contributed by atoms with Gasteiger partial charge in [-0.3, -0.25) is 9.59 Å². The fraction of sp³-hybridized carbons (Fsp3) is 0.286. The van der Waals surface area contributed by atoms with Gasteiger partial charge in [0.05, 0.1) is 36.4 Å². The van der Waals surface area contributed by atoms with E-state index < -0.39 is 0 Å². The van der Waals surface area contributed by atoms with Crippen LogP contribution < -0.4 is 5.32 Å². The van der Waals surface area contributed by atoms with Crippen molar-refractivity contribution in [3.05, 3.63) is 54.1 Å². The Labute approximate surface area is 172 Å². The number of hydrogen-bond acceptors (Lipinski definition) is 5. The van der Waals surface area contributed by atoms with E-state index in [1.807, 2.05) is 53.4 Å². The first-order valence-electron chi connectivity index (χ1n) is 9.49. The van der Waals surface area contributed by atoms with Crippen molar-refractivity contribution in [1.82, 2.24) is 14.9 Å². The molecule has 0 bridgehead atoms. The van der Waals surface area contributed by atoms with Gasteiger partial charge in [-0.2, -0.15) is 0 Å². The number of carbonyl (C=O) groups excluding carboxylic acids is 2. The zero-order valence-electron chi connectivity index (χ0n) is 15.9. The van der Waals surface area contributed by atoms with Crippen LogP contribution in [0.3, 0.4) is 0 Å². The summed E-state index contributed by atoms with van der Waals surface area (Å²) in [6.07, 6.45) is 0.357. The van der Waals surface area contributed by atoms with Crippen LogP contribution in [0.2, 0.25) is 0 Å². The molecule has 150 valence electrons. The molecule has 0 spiro atoms. The Morgan fingerprint density at radius 3 is 2.62 bits per heavy atom. The van der Waals surface area contributed by atoms with E-state index in [0.717, 1.165) is 21.8 Å². The number of aromatic amines is 1. The molecule has 0 saturated carbocycles. The zero-order valence-corrected chi connectivity index (χ0v) is 16.7. The van der Waals surface area contributed by atoms with E-state index in [0.29, 0.717) is 38.4 Å². The minimum absolute atomic E-state index is 0.104. The van der Waals surface area contributed by atoms with Gasteiger partial charge in [-0.05, 0) is 29.8 Å². The number of carbonyl (C=O) groups is 2. The Bertz CT molecular complexity index is 964. The molecule has 0 atom stereocenters. The van der Waals surface area contributed by atoms with Gasteiger partial charge in [0.2, 0.25) is 11.8 Å². The summed E-state index contributed by atoms with van der Waals surface area (Å²) in [6, 6.07) is 15.2. The predicted octanol–water partition coefficient (Wildman–Crippen LogP) is 2.70. The minimum atomic E-state index is -0.104. The van der Waals surface area contributed by atoms with Gasteiger partial charge in [0.1, 0.15) is 0 Å². The van der Waals surface area contributed by atoms with Crippen molar-refractivity contribution in [2.45, 2.75) is 11.6 Å². The Morgan fingerprint density at radius 2 is 1.86 bits per heavy atom. The van der Waals surface area contributed by atoms with Crippen LogP contribution in [-0.2, 0) is 20.7 Å². The normalized spacial score (nSPS) is 14.1. The molecule has 2 aromatic carbocycles. The number of nitrogens with one attached hydrogen (secondary N) is 2. The lowest BCUT2D eigenvalue weighted by Gasteiger charge is -2.26. The largest absolute Gasteiger partial charge is 0.378 e. The van der Waals surface area contributed by atoms with Crippen LogP contribution in [0.25, 0.3) is 11.0 Å². The molecule has 2 heterocycles. The summed E-state index contributed by atoms with van der Waals surface area (Å²) in [4.78, 5) is 34.0. The van der Waals surface area contributed by atoms with E-state index in [1.165, 1.54) is 11.8 Å². The molecule has 4 rings (SSSR count). The van der Waals surface area contributed by atoms with E-state index in [4.69, 9.17) is 4.74 Å². The second kappa shape index (κ2) is 9.11. The third-order valence-electron chi connectivity index (χ3n) is 4.66. The zero-order chi connectivity index (χ0) is 20.1. The average Bonchev–Trinajstić information content (AvgIpc) is 3.17. The predicted molar refractivity (Wildman–Crippen MR) is 113 cm³/mol. The number of anilines is 1. The second-order valence-corrected chi connectivity index (χ2v) is 7.73. The molecule has 0 aliphatic carbocycles. The lowest BCUT2D eigenvalue weighted by Crippen LogP contribution is -2.41. The Balaban J connectivity index is 1.26. The highest BCUT2D eigenvalue weighted by atomic mass is 32.2. The molecular weight excluding hydrogens is 388 g/mol. The molecule has 1 saturated heterocycles. The van der Waals surface area contributed by atoms with Gasteiger partial charge >= 0.3 is 0 Å². The number of thioether (sulfide) groups is 1. The topological polar surface area (TPSA) is 87.3 Å². The van der Waals surface area contributed by atoms with Gasteiger partial charge < -0.3 is 19.9 Å². The number of amides is 2. The van der Waals surface area contributed by atoms with Crippen molar-refractivity contribution in [3.63, 3.8) is 0 Å². The van der Waals surface area contributed by atoms with E-state index >= 15 is 0 Å². The molecule has 7 nitrogen and oxygen atoms in total. The third kappa shape index (κ3) is 5.16. The summed E-state index contributed by atoms with van der Waals surface area (Å²) >= 11 is 1.36. The fourth-order valence-corrected chi connectivity index (χ4v) is 3.82. The van der Waals surface area contributed by atoms with Gasteiger partial charge in [-0.15, -0.1) is 0 Å². The first-order chi connectivity index (χ1) is 14.2. The second-order valence-electron chi connectivity index (χ2n) is 6.76. The lowest BCUT2D eigenvalue weighted by atomic mass is 10.1. The standard InChI is InChI=1S/C21H22N4O3S/c26-19(14-29-21-23-17-3-1-2-4-18(17)24-21)22-16-7-5-15(6-8-16)13-20(27)25-9-11-28-12-10-25/h1-8H,9-14H2,(H,22,26)(H,23,24). The Morgan fingerprint density at radius 1 is 1.10 bits per heavy atom. The minimum Gasteiger partial charge on any atom is -0.378 e. The number of nitrogens with zero attached hydrogens (tertiary/aromatic N) is 2. The summed E-state index contributed by atoms with van der Waals surface area (Å²) < 4.78 is 5.27. The summed E-state index contributed by atoms with van der Waals surface area (Å²) in [5.41, 5.74) is 3.48. The third-order valence-corrected chi connectivity index (χ3v) is 5.54. The summed E-state index contributed by atoms with van der Waals surface area (Å²) in [6.45, 7) is 2.50. The van der Waals surface area contributed by atoms with Gasteiger partial charge in [-0.25, -0.2) is 4.98 Å². The highest BCUT2D eigenvalue weighted by Gasteiger charge is 2.17. The average molecular weight is 410 g/mol. The monoisotopic (exact) mass is 410 g/mol. The number of fused-ring (bicyclic) bond motifs is 1. The summed E-state index contributed by atoms with van der Waals surface area (Å²) in [5.74, 6) is 0.261. The number of imidazole rings is 1. The molecular formula is C21H22N4O3S. The lowest BCUT2D eigenvalue weighted by molar-refractivity contribution is -0.134. The van der Waals surface area contributed by atoms with Crippen molar-refractivity contribution in [1.29, 1.82) is 0 Å². The molecule has 1 fully saturated rings. The number of H-pyrrole nitrogens is 1. The molecule has 8 heteroatoms. The summed E-state index contributed by atoms with van der Waals surface area (Å²) in [5, 5.41) is 3.60. The molecule has 2 N–H and O–H groups in total. The maximum Gasteiger partial charge on any atom is 0.234 e. The van der Waals surface area contributed by atoms with Crippen molar-refractivity contribution in [2.75, 3.05) is 37.4 Å². The van der Waals surface area contributed by atoms with Crippen LogP contribution in [0.5, 0.6) is 0 Å². The first-order valence-corrected chi connectivity index (χ1v) is 10.5. The summed E-state index contributed by atoms with van der Waals surface area (Å²) in [7, 11) is 0. The van der Waals surface area contributed by atoms with Crippen LogP contribution in [0.15, 0.2) is 53.7 Å². The molecule has 2 amide bonds. The fourth-order valence-electron chi connectivity index (χ4n) is 3.13. The molecule has 29 heavy (non-hydrogen) atoms. The van der Waals surface area contributed by atoms with Gasteiger partial charge in [-0.1, -0.05) is 36.0 Å². The number of para-hydroxylation sites is 2. The van der Waals surface area contributed by atoms with Crippen LogP contribution in [-0.4, -0.2) is 58.7 Å². The number of benzene rings is 2. The van der Waals surface area contributed by atoms with Crippen molar-refractivity contribution >= 4 is 40.3 Å². The van der Waals surface area contributed by atoms with Crippen LogP contribution in [0.1, 0.15) is 5.56 Å². The maximum absolute atomic E-state index is 12.3. The highest BCUT2D eigenvalue weighted by molar-refractivity contribution is 7.99. The van der Waals surface area contributed by atoms with Gasteiger partial charge in [0.25, 0.3) is 0 Å². The molecule has 1 aliphatic heterocycles. The van der Waals surface area contributed by atoms with Crippen LogP contribution in [0, 0.1) is 0 Å². The van der Waals surface area contributed by atoms with E-state index in [1.54, 1.807) is 0 Å². The number of hydrogen-bond donors (Lipinski definition) is 2. The number of ether oxygens (including phenoxy) is 1. The Kier molecular flexibility index (Phi) is 6.12. The van der Waals surface area contributed by atoms with Gasteiger partial charge in [0.15, 0.2) is 5.16 Å².